The Morgan fingerprint density at radius 1 is 1.08 bits per heavy atom. The van der Waals surface area contributed by atoms with Gasteiger partial charge in [0.2, 0.25) is 5.89 Å². The third kappa shape index (κ3) is 2.58. The molecule has 128 valence electrons. The van der Waals surface area contributed by atoms with Crippen LogP contribution in [0, 0.1) is 6.92 Å². The van der Waals surface area contributed by atoms with Gasteiger partial charge in [-0.3, -0.25) is 4.40 Å². The lowest BCUT2D eigenvalue weighted by atomic mass is 10.1. The van der Waals surface area contributed by atoms with Gasteiger partial charge in [-0.2, -0.15) is 0 Å². The first-order valence-corrected chi connectivity index (χ1v) is 9.88. The molecule has 0 atom stereocenters. The van der Waals surface area contributed by atoms with Crippen LogP contribution >= 0.6 is 23.1 Å². The zero-order chi connectivity index (χ0) is 17.5. The van der Waals surface area contributed by atoms with E-state index >= 15 is 0 Å². The molecule has 0 saturated carbocycles. The van der Waals surface area contributed by atoms with Crippen LogP contribution in [0.1, 0.15) is 11.5 Å². The highest BCUT2D eigenvalue weighted by molar-refractivity contribution is 7.98. The summed E-state index contributed by atoms with van der Waals surface area (Å²) in [4.78, 5) is 0.975. The number of aromatic nitrogens is 5. The van der Waals surface area contributed by atoms with Gasteiger partial charge in [-0.25, -0.2) is 0 Å². The number of aryl methyl sites for hydroxylation is 1. The minimum atomic E-state index is 0.543. The Labute approximate surface area is 156 Å². The first-order chi connectivity index (χ1) is 12.8. The Balaban J connectivity index is 1.48. The van der Waals surface area contributed by atoms with Crippen LogP contribution in [0.4, 0.5) is 0 Å². The fourth-order valence-electron chi connectivity index (χ4n) is 2.91. The molecule has 8 heteroatoms. The number of para-hydroxylation sites is 1. The van der Waals surface area contributed by atoms with Gasteiger partial charge in [0.25, 0.3) is 5.89 Å². The SMILES string of the molecule is Cc1cc2nnc(SCc3nnc(-c4cccs4)o3)n2c2ccccc12. The van der Waals surface area contributed by atoms with Gasteiger partial charge < -0.3 is 4.42 Å². The topological polar surface area (TPSA) is 69.1 Å². The molecule has 0 aliphatic rings. The maximum Gasteiger partial charge on any atom is 0.257 e. The average molecular weight is 379 g/mol. The van der Waals surface area contributed by atoms with Crippen molar-refractivity contribution in [3.63, 3.8) is 0 Å². The Morgan fingerprint density at radius 2 is 2.00 bits per heavy atom. The number of rotatable bonds is 4. The Hall–Kier alpha value is -2.71. The molecule has 5 aromatic rings. The van der Waals surface area contributed by atoms with E-state index in [0.717, 1.165) is 21.2 Å². The Morgan fingerprint density at radius 3 is 2.88 bits per heavy atom. The molecular formula is C18H13N5OS2. The summed E-state index contributed by atoms with van der Waals surface area (Å²) >= 11 is 3.12. The number of hydrogen-bond donors (Lipinski definition) is 0. The van der Waals surface area contributed by atoms with Crippen LogP contribution in [0.25, 0.3) is 27.3 Å². The highest BCUT2D eigenvalue weighted by atomic mass is 32.2. The van der Waals surface area contributed by atoms with Crippen molar-refractivity contribution in [2.45, 2.75) is 17.8 Å². The second-order valence-corrected chi connectivity index (χ2v) is 7.68. The summed E-state index contributed by atoms with van der Waals surface area (Å²) in [5.41, 5.74) is 3.13. The first-order valence-electron chi connectivity index (χ1n) is 8.02. The number of benzene rings is 1. The largest absolute Gasteiger partial charge is 0.419 e. The zero-order valence-electron chi connectivity index (χ0n) is 13.8. The summed E-state index contributed by atoms with van der Waals surface area (Å²) in [7, 11) is 0. The smallest absolute Gasteiger partial charge is 0.257 e. The summed E-state index contributed by atoms with van der Waals surface area (Å²) in [6.07, 6.45) is 0. The van der Waals surface area contributed by atoms with Crippen molar-refractivity contribution in [1.82, 2.24) is 24.8 Å². The van der Waals surface area contributed by atoms with Gasteiger partial charge in [0, 0.05) is 5.39 Å². The van der Waals surface area contributed by atoms with Crippen LogP contribution in [0.3, 0.4) is 0 Å². The van der Waals surface area contributed by atoms with E-state index in [-0.39, 0.29) is 0 Å². The first kappa shape index (κ1) is 15.5. The van der Waals surface area contributed by atoms with Crippen LogP contribution in [-0.2, 0) is 5.75 Å². The van der Waals surface area contributed by atoms with Crippen molar-refractivity contribution >= 4 is 39.6 Å². The molecule has 0 amide bonds. The van der Waals surface area contributed by atoms with Crippen LogP contribution < -0.4 is 0 Å². The lowest BCUT2D eigenvalue weighted by molar-refractivity contribution is 0.529. The number of hydrogen-bond acceptors (Lipinski definition) is 7. The van der Waals surface area contributed by atoms with E-state index in [1.54, 1.807) is 11.3 Å². The van der Waals surface area contributed by atoms with Crippen molar-refractivity contribution in [3.8, 4) is 10.8 Å². The van der Waals surface area contributed by atoms with E-state index in [0.29, 0.717) is 17.5 Å². The fraction of sp³-hybridized carbons (Fsp3) is 0.111. The molecule has 26 heavy (non-hydrogen) atoms. The van der Waals surface area contributed by atoms with Crippen molar-refractivity contribution in [3.05, 3.63) is 59.3 Å². The quantitative estimate of drug-likeness (QED) is 0.425. The van der Waals surface area contributed by atoms with Crippen LogP contribution in [0.15, 0.2) is 57.4 Å². The molecule has 0 N–H and O–H groups in total. The van der Waals surface area contributed by atoms with Crippen LogP contribution in [0.5, 0.6) is 0 Å². The fourth-order valence-corrected chi connectivity index (χ4v) is 4.34. The van der Waals surface area contributed by atoms with Crippen molar-refractivity contribution in [2.24, 2.45) is 0 Å². The molecule has 0 radical (unpaired) electrons. The van der Waals surface area contributed by atoms with Crippen LogP contribution in [0.2, 0.25) is 0 Å². The van der Waals surface area contributed by atoms with E-state index < -0.39 is 0 Å². The molecule has 0 bridgehead atoms. The van der Waals surface area contributed by atoms with E-state index in [4.69, 9.17) is 4.42 Å². The molecule has 0 saturated heterocycles. The Kier molecular flexibility index (Phi) is 3.72. The molecule has 5 rings (SSSR count). The summed E-state index contributed by atoms with van der Waals surface area (Å²) in [6.45, 7) is 2.09. The van der Waals surface area contributed by atoms with Gasteiger partial charge in [0.05, 0.1) is 16.1 Å². The molecule has 4 aromatic heterocycles. The van der Waals surface area contributed by atoms with Gasteiger partial charge in [0.1, 0.15) is 0 Å². The van der Waals surface area contributed by atoms with E-state index in [1.807, 2.05) is 29.6 Å². The second-order valence-electron chi connectivity index (χ2n) is 5.79. The molecule has 0 spiro atoms. The third-order valence-corrected chi connectivity index (χ3v) is 5.87. The van der Waals surface area contributed by atoms with Gasteiger partial charge >= 0.3 is 0 Å². The van der Waals surface area contributed by atoms with Crippen molar-refractivity contribution in [1.29, 1.82) is 0 Å². The van der Waals surface area contributed by atoms with E-state index in [2.05, 4.69) is 49.9 Å². The van der Waals surface area contributed by atoms with Crippen LogP contribution in [-0.4, -0.2) is 24.8 Å². The third-order valence-electron chi connectivity index (χ3n) is 4.10. The molecular weight excluding hydrogens is 366 g/mol. The van der Waals surface area contributed by atoms with Gasteiger partial charge in [0.15, 0.2) is 10.8 Å². The maximum absolute atomic E-state index is 5.75. The second kappa shape index (κ2) is 6.22. The van der Waals surface area contributed by atoms with Gasteiger partial charge in [-0.05, 0) is 36.1 Å². The molecule has 1 aromatic carbocycles. The monoisotopic (exact) mass is 379 g/mol. The van der Waals surface area contributed by atoms with Gasteiger partial charge in [-0.1, -0.05) is 36.0 Å². The minimum Gasteiger partial charge on any atom is -0.419 e. The zero-order valence-corrected chi connectivity index (χ0v) is 15.4. The molecule has 0 fully saturated rings. The summed E-state index contributed by atoms with van der Waals surface area (Å²) in [6, 6.07) is 14.3. The number of pyridine rings is 1. The highest BCUT2D eigenvalue weighted by Crippen LogP contribution is 2.29. The molecule has 6 nitrogen and oxygen atoms in total. The van der Waals surface area contributed by atoms with Crippen molar-refractivity contribution < 1.29 is 4.42 Å². The normalized spacial score (nSPS) is 11.6. The number of fused-ring (bicyclic) bond motifs is 3. The summed E-state index contributed by atoms with van der Waals surface area (Å²) < 4.78 is 7.83. The van der Waals surface area contributed by atoms with E-state index in [9.17, 15) is 0 Å². The maximum atomic E-state index is 5.75. The summed E-state index contributed by atoms with van der Waals surface area (Å²) in [5, 5.41) is 20.9. The lowest BCUT2D eigenvalue weighted by Gasteiger charge is -2.06. The molecule has 0 aliphatic heterocycles. The number of nitrogens with zero attached hydrogens (tertiary/aromatic N) is 5. The Bertz CT molecular complexity index is 1210. The number of thiophene rings is 1. The molecule has 0 unspecified atom stereocenters. The minimum absolute atomic E-state index is 0.543. The predicted octanol–water partition coefficient (Wildman–Crippen LogP) is 4.59. The lowest BCUT2D eigenvalue weighted by Crippen LogP contribution is -1.93. The standard InChI is InChI=1S/C18H13N5OS2/c1-11-9-15-19-22-18(23(15)13-6-3-2-5-12(11)13)26-10-16-20-21-17(24-16)14-7-4-8-25-14/h2-9H,10H2,1H3. The molecule has 0 aliphatic carbocycles. The highest BCUT2D eigenvalue weighted by Gasteiger charge is 2.14. The molecule has 4 heterocycles. The van der Waals surface area contributed by atoms with E-state index in [1.165, 1.54) is 22.7 Å². The van der Waals surface area contributed by atoms with Gasteiger partial charge in [-0.15, -0.1) is 31.7 Å². The number of thioether (sulfide) groups is 1. The van der Waals surface area contributed by atoms with Crippen molar-refractivity contribution in [2.75, 3.05) is 0 Å². The summed E-state index contributed by atoms with van der Waals surface area (Å²) in [5.74, 6) is 1.68. The average Bonchev–Trinajstić information content (AvgIpc) is 3.40. The predicted molar refractivity (Wildman–Crippen MR) is 102 cm³/mol.